The van der Waals surface area contributed by atoms with Gasteiger partial charge in [0.15, 0.2) is 0 Å². The Kier molecular flexibility index (Phi) is 5.53. The van der Waals surface area contributed by atoms with Crippen LogP contribution in [-0.2, 0) is 9.53 Å². The molecule has 0 saturated carbocycles. The smallest absolute Gasteiger partial charge is 0.407 e. The van der Waals surface area contributed by atoms with E-state index in [1.165, 1.54) is 0 Å². The second-order valence-corrected chi connectivity index (χ2v) is 7.49. The Balaban J connectivity index is 1.50. The fourth-order valence-corrected chi connectivity index (χ4v) is 4.07. The molecular weight excluding hydrogens is 378 g/mol. The number of carboxylic acid groups (broad SMARTS) is 1. The van der Waals surface area contributed by atoms with Crippen LogP contribution in [0.15, 0.2) is 78.9 Å². The first-order chi connectivity index (χ1) is 14.6. The number of aliphatic carboxylic acids is 1. The second kappa shape index (κ2) is 8.41. The van der Waals surface area contributed by atoms with Gasteiger partial charge in [-0.05, 0) is 34.7 Å². The van der Waals surface area contributed by atoms with Gasteiger partial charge in [0.2, 0.25) is 0 Å². The SMILES string of the molecule is CC(C(=O)O)C(NC(=O)OCC1c2ccccc2-c2ccccc21)c1ccccc1. The number of hydrogen-bond donors (Lipinski definition) is 2. The highest BCUT2D eigenvalue weighted by atomic mass is 16.5. The molecule has 5 heteroatoms. The largest absolute Gasteiger partial charge is 0.481 e. The summed E-state index contributed by atoms with van der Waals surface area (Å²) in [5.41, 5.74) is 5.29. The quantitative estimate of drug-likeness (QED) is 0.610. The molecule has 0 saturated heterocycles. The van der Waals surface area contributed by atoms with Gasteiger partial charge in [0, 0.05) is 5.92 Å². The van der Waals surface area contributed by atoms with Crippen LogP contribution in [0.25, 0.3) is 11.1 Å². The Morgan fingerprint density at radius 1 is 0.900 bits per heavy atom. The fraction of sp³-hybridized carbons (Fsp3) is 0.200. The first-order valence-electron chi connectivity index (χ1n) is 9.95. The lowest BCUT2D eigenvalue weighted by Crippen LogP contribution is -2.36. The Hall–Kier alpha value is -3.60. The number of benzene rings is 3. The summed E-state index contributed by atoms with van der Waals surface area (Å²) < 4.78 is 5.58. The van der Waals surface area contributed by atoms with Gasteiger partial charge >= 0.3 is 12.1 Å². The van der Waals surface area contributed by atoms with Crippen LogP contribution in [0.3, 0.4) is 0 Å². The van der Waals surface area contributed by atoms with Crippen LogP contribution in [0.4, 0.5) is 4.79 Å². The molecule has 1 amide bonds. The van der Waals surface area contributed by atoms with Crippen LogP contribution in [-0.4, -0.2) is 23.8 Å². The first kappa shape index (κ1) is 19.7. The van der Waals surface area contributed by atoms with Crippen LogP contribution in [0.1, 0.15) is 35.6 Å². The van der Waals surface area contributed by atoms with E-state index in [4.69, 9.17) is 4.74 Å². The van der Waals surface area contributed by atoms with E-state index in [9.17, 15) is 14.7 Å². The topological polar surface area (TPSA) is 75.6 Å². The third kappa shape index (κ3) is 3.79. The van der Waals surface area contributed by atoms with E-state index in [1.54, 1.807) is 19.1 Å². The maximum absolute atomic E-state index is 12.6. The molecule has 1 aliphatic carbocycles. The zero-order chi connectivity index (χ0) is 21.1. The Bertz CT molecular complexity index is 1020. The molecule has 0 spiro atoms. The van der Waals surface area contributed by atoms with Crippen molar-refractivity contribution >= 4 is 12.1 Å². The van der Waals surface area contributed by atoms with E-state index in [1.807, 2.05) is 42.5 Å². The number of ether oxygens (including phenoxy) is 1. The van der Waals surface area contributed by atoms with Crippen molar-refractivity contribution in [3.8, 4) is 11.1 Å². The second-order valence-electron chi connectivity index (χ2n) is 7.49. The number of carboxylic acids is 1. The summed E-state index contributed by atoms with van der Waals surface area (Å²) in [6.07, 6.45) is -0.626. The lowest BCUT2D eigenvalue weighted by atomic mass is 9.95. The Labute approximate surface area is 175 Å². The number of alkyl carbamates (subject to hydrolysis) is 1. The van der Waals surface area contributed by atoms with Crippen molar-refractivity contribution in [2.45, 2.75) is 18.9 Å². The minimum absolute atomic E-state index is 0.0461. The van der Waals surface area contributed by atoms with E-state index in [0.29, 0.717) is 0 Å². The van der Waals surface area contributed by atoms with Gasteiger partial charge in [0.1, 0.15) is 6.61 Å². The van der Waals surface area contributed by atoms with Crippen LogP contribution in [0.5, 0.6) is 0 Å². The van der Waals surface area contributed by atoms with Gasteiger partial charge < -0.3 is 15.2 Å². The van der Waals surface area contributed by atoms with Crippen LogP contribution < -0.4 is 5.32 Å². The molecule has 152 valence electrons. The average Bonchev–Trinajstić information content (AvgIpc) is 3.10. The normalized spacial score (nSPS) is 14.3. The number of hydrogen-bond acceptors (Lipinski definition) is 3. The van der Waals surface area contributed by atoms with Crippen LogP contribution >= 0.6 is 0 Å². The number of fused-ring (bicyclic) bond motifs is 3. The highest BCUT2D eigenvalue weighted by molar-refractivity contribution is 5.79. The molecule has 0 fully saturated rings. The molecule has 1 aliphatic rings. The number of carbonyl (C=O) groups is 2. The maximum Gasteiger partial charge on any atom is 0.407 e. The summed E-state index contributed by atoms with van der Waals surface area (Å²) in [5.74, 6) is -1.83. The molecule has 0 heterocycles. The van der Waals surface area contributed by atoms with Gasteiger partial charge in [-0.1, -0.05) is 78.9 Å². The summed E-state index contributed by atoms with van der Waals surface area (Å²) >= 11 is 0. The first-order valence-corrected chi connectivity index (χ1v) is 9.95. The molecular formula is C25H23NO4. The van der Waals surface area contributed by atoms with Crippen molar-refractivity contribution < 1.29 is 19.4 Å². The molecule has 5 nitrogen and oxygen atoms in total. The van der Waals surface area contributed by atoms with Crippen molar-refractivity contribution in [1.29, 1.82) is 0 Å². The average molecular weight is 401 g/mol. The Morgan fingerprint density at radius 2 is 1.43 bits per heavy atom. The summed E-state index contributed by atoms with van der Waals surface area (Å²) in [6, 6.07) is 24.6. The molecule has 2 atom stereocenters. The van der Waals surface area contributed by atoms with Gasteiger partial charge in [0.05, 0.1) is 12.0 Å². The van der Waals surface area contributed by atoms with Crippen molar-refractivity contribution in [2.75, 3.05) is 6.61 Å². The van der Waals surface area contributed by atoms with Crippen molar-refractivity contribution in [1.82, 2.24) is 5.32 Å². The molecule has 3 aromatic carbocycles. The highest BCUT2D eigenvalue weighted by Gasteiger charge is 2.31. The summed E-state index contributed by atoms with van der Waals surface area (Å²) in [7, 11) is 0. The monoisotopic (exact) mass is 401 g/mol. The molecule has 2 N–H and O–H groups in total. The van der Waals surface area contributed by atoms with E-state index < -0.39 is 24.0 Å². The summed E-state index contributed by atoms with van der Waals surface area (Å²) in [4.78, 5) is 24.2. The third-order valence-electron chi connectivity index (χ3n) is 5.67. The van der Waals surface area contributed by atoms with E-state index >= 15 is 0 Å². The van der Waals surface area contributed by atoms with Gasteiger partial charge in [-0.2, -0.15) is 0 Å². The minimum atomic E-state index is -0.984. The molecule has 3 aromatic rings. The predicted molar refractivity (Wildman–Crippen MR) is 114 cm³/mol. The predicted octanol–water partition coefficient (Wildman–Crippen LogP) is 4.99. The third-order valence-corrected chi connectivity index (χ3v) is 5.67. The number of rotatable bonds is 6. The number of amides is 1. The standard InChI is InChI=1S/C25H23NO4/c1-16(24(27)28)23(17-9-3-2-4-10-17)26-25(29)30-15-22-20-13-7-5-11-18(20)19-12-6-8-14-21(19)22/h2-14,16,22-23H,15H2,1H3,(H,26,29)(H,27,28). The zero-order valence-corrected chi connectivity index (χ0v) is 16.6. The maximum atomic E-state index is 12.6. The van der Waals surface area contributed by atoms with Gasteiger partial charge in [0.25, 0.3) is 0 Å². The molecule has 4 rings (SSSR count). The van der Waals surface area contributed by atoms with Crippen LogP contribution in [0.2, 0.25) is 0 Å². The molecule has 0 radical (unpaired) electrons. The van der Waals surface area contributed by atoms with Crippen molar-refractivity contribution in [3.05, 3.63) is 95.6 Å². The van der Waals surface area contributed by atoms with E-state index in [-0.39, 0.29) is 12.5 Å². The van der Waals surface area contributed by atoms with Crippen LogP contribution in [0, 0.1) is 5.92 Å². The summed E-state index contributed by atoms with van der Waals surface area (Å²) in [5, 5.41) is 12.2. The molecule has 0 aliphatic heterocycles. The van der Waals surface area contributed by atoms with Gasteiger partial charge in [-0.25, -0.2) is 4.79 Å². The van der Waals surface area contributed by atoms with Crippen molar-refractivity contribution in [3.63, 3.8) is 0 Å². The van der Waals surface area contributed by atoms with Gasteiger partial charge in [-0.15, -0.1) is 0 Å². The Morgan fingerprint density at radius 3 is 2.00 bits per heavy atom. The minimum Gasteiger partial charge on any atom is -0.481 e. The lowest BCUT2D eigenvalue weighted by Gasteiger charge is -2.23. The molecule has 2 unspecified atom stereocenters. The zero-order valence-electron chi connectivity index (χ0n) is 16.6. The number of carbonyl (C=O) groups excluding carboxylic acids is 1. The number of nitrogens with one attached hydrogen (secondary N) is 1. The highest BCUT2D eigenvalue weighted by Crippen LogP contribution is 2.44. The van der Waals surface area contributed by atoms with Crippen molar-refractivity contribution in [2.24, 2.45) is 5.92 Å². The molecule has 30 heavy (non-hydrogen) atoms. The summed E-state index contributed by atoms with van der Waals surface area (Å²) in [6.45, 7) is 1.76. The molecule has 0 aromatic heterocycles. The van der Waals surface area contributed by atoms with Gasteiger partial charge in [-0.3, -0.25) is 4.79 Å². The van der Waals surface area contributed by atoms with E-state index in [0.717, 1.165) is 27.8 Å². The van der Waals surface area contributed by atoms with E-state index in [2.05, 4.69) is 29.6 Å². The lowest BCUT2D eigenvalue weighted by molar-refractivity contribution is -0.142. The fourth-order valence-electron chi connectivity index (χ4n) is 4.07. The molecule has 0 bridgehead atoms.